The van der Waals surface area contributed by atoms with Gasteiger partial charge in [0, 0.05) is 69.1 Å². The highest BCUT2D eigenvalue weighted by Gasteiger charge is 2.46. The molecule has 5 aliphatic rings. The van der Waals surface area contributed by atoms with Crippen molar-refractivity contribution in [3.8, 4) is 0 Å². The molecule has 4 aromatic rings. The molecule has 4 N–H and O–H groups in total. The SMILES string of the molecule is CC1(C)CCN(Cc2cc(F)c(N3CC(=O)NC4(CCN(c5cc(NCc6cn(CCCCNc7cccc8c7C(=O)N(C7CCC(=O)NC7=O)C8=O)nn6)ncn5)CC4)C3)cc2F)CC1. The highest BCUT2D eigenvalue weighted by Crippen LogP contribution is 2.35. The first-order valence-corrected chi connectivity index (χ1v) is 22.8. The van der Waals surface area contributed by atoms with Crippen molar-refractivity contribution in [2.24, 2.45) is 5.41 Å². The minimum absolute atomic E-state index is 0.0448. The Labute approximate surface area is 380 Å². The summed E-state index contributed by atoms with van der Waals surface area (Å²) in [4.78, 5) is 79.5. The maximum absolute atomic E-state index is 15.7. The van der Waals surface area contributed by atoms with E-state index in [1.54, 1.807) is 27.8 Å². The second-order valence-electron chi connectivity index (χ2n) is 18.9. The quantitative estimate of drug-likeness (QED) is 0.105. The fourth-order valence-corrected chi connectivity index (χ4v) is 9.70. The molecule has 0 aliphatic carbocycles. The van der Waals surface area contributed by atoms with E-state index in [1.807, 2.05) is 12.3 Å². The van der Waals surface area contributed by atoms with Crippen LogP contribution in [0, 0.1) is 17.0 Å². The van der Waals surface area contributed by atoms with Crippen LogP contribution in [0.1, 0.15) is 97.2 Å². The largest absolute Gasteiger partial charge is 0.384 e. The van der Waals surface area contributed by atoms with E-state index in [0.29, 0.717) is 81.4 Å². The number of aromatic nitrogens is 5. The van der Waals surface area contributed by atoms with Gasteiger partial charge in [0.2, 0.25) is 17.7 Å². The number of amides is 5. The lowest BCUT2D eigenvalue weighted by molar-refractivity contribution is -0.136. The number of nitrogens with zero attached hydrogens (tertiary/aromatic N) is 9. The number of aryl methyl sites for hydroxylation is 1. The first kappa shape index (κ1) is 44.6. The van der Waals surface area contributed by atoms with Crippen LogP contribution in [-0.4, -0.2) is 122 Å². The first-order valence-electron chi connectivity index (χ1n) is 22.8. The van der Waals surface area contributed by atoms with Crippen LogP contribution in [0.5, 0.6) is 0 Å². The number of unbranched alkanes of at least 4 members (excludes halogenated alkanes) is 1. The van der Waals surface area contributed by atoms with Gasteiger partial charge < -0.3 is 25.8 Å². The molecule has 1 atom stereocenters. The number of halogens is 2. The molecule has 0 radical (unpaired) electrons. The lowest BCUT2D eigenvalue weighted by Crippen LogP contribution is -2.66. The van der Waals surface area contributed by atoms with Crippen LogP contribution in [0.25, 0.3) is 0 Å². The number of imide groups is 2. The minimum Gasteiger partial charge on any atom is -0.384 e. The third-order valence-electron chi connectivity index (χ3n) is 13.6. The molecule has 20 heteroatoms. The van der Waals surface area contributed by atoms with E-state index in [2.05, 4.69) is 65.2 Å². The van der Waals surface area contributed by atoms with E-state index in [9.17, 15) is 24.0 Å². The zero-order valence-electron chi connectivity index (χ0n) is 37.2. The third-order valence-corrected chi connectivity index (χ3v) is 13.6. The average molecular weight is 908 g/mol. The standard InChI is InChI=1S/C46H55F2N13O5/c1-45(2)10-16-57(17-11-45)24-29-20-33(48)36(21-32(29)47)59-26-40(63)54-46(27-59)12-18-58(19-13-46)38-22-37(51-28-52-38)50-23-30-25-60(56-55-30)15-4-3-14-49-34-7-5-6-31-41(34)44(66)61(43(31)65)35-8-9-39(62)53-42(35)64/h5-7,20-22,25,28,35,49H,3-4,8-19,23-24,26-27H2,1-2H3,(H,54,63)(H,50,51,52)(H,53,62,64). The Hall–Kier alpha value is -6.57. The number of fused-ring (bicyclic) bond motifs is 1. The van der Waals surface area contributed by atoms with Crippen molar-refractivity contribution < 1.29 is 32.8 Å². The van der Waals surface area contributed by atoms with E-state index in [0.717, 1.165) is 49.5 Å². The summed E-state index contributed by atoms with van der Waals surface area (Å²) in [6.45, 7) is 9.53. The van der Waals surface area contributed by atoms with E-state index < -0.39 is 46.8 Å². The summed E-state index contributed by atoms with van der Waals surface area (Å²) >= 11 is 0. The molecule has 5 amide bonds. The van der Waals surface area contributed by atoms with Crippen molar-refractivity contribution >= 4 is 52.5 Å². The number of rotatable bonds is 14. The molecule has 2 aromatic heterocycles. The molecule has 1 unspecified atom stereocenters. The molecule has 7 heterocycles. The third kappa shape index (κ3) is 9.54. The highest BCUT2D eigenvalue weighted by molar-refractivity contribution is 6.25. The Morgan fingerprint density at radius 2 is 1.67 bits per heavy atom. The van der Waals surface area contributed by atoms with Gasteiger partial charge in [-0.2, -0.15) is 0 Å². The molecule has 2 aromatic carbocycles. The molecule has 0 bridgehead atoms. The number of nitrogens with one attached hydrogen (secondary N) is 4. The summed E-state index contributed by atoms with van der Waals surface area (Å²) in [7, 11) is 0. The fraction of sp³-hybridized carbons (Fsp3) is 0.500. The van der Waals surface area contributed by atoms with Gasteiger partial charge in [-0.25, -0.2) is 18.7 Å². The molecule has 18 nitrogen and oxygen atoms in total. The monoisotopic (exact) mass is 907 g/mol. The van der Waals surface area contributed by atoms with E-state index in [4.69, 9.17) is 0 Å². The van der Waals surface area contributed by atoms with Gasteiger partial charge in [-0.05, 0) is 81.6 Å². The lowest BCUT2D eigenvalue weighted by atomic mass is 9.82. The van der Waals surface area contributed by atoms with Crippen LogP contribution < -0.4 is 31.1 Å². The molecular formula is C46H55F2N13O5. The van der Waals surface area contributed by atoms with E-state index in [1.165, 1.54) is 18.5 Å². The summed E-state index contributed by atoms with van der Waals surface area (Å²) in [6.07, 6.45) is 8.20. The summed E-state index contributed by atoms with van der Waals surface area (Å²) in [5, 5.41) is 20.5. The van der Waals surface area contributed by atoms with E-state index in [-0.39, 0.29) is 47.5 Å². The number of likely N-dealkylation sites (tertiary alicyclic amines) is 1. The van der Waals surface area contributed by atoms with Crippen LogP contribution in [0.15, 0.2) is 48.9 Å². The molecule has 4 fully saturated rings. The summed E-state index contributed by atoms with van der Waals surface area (Å²) in [6, 6.07) is 8.39. The smallest absolute Gasteiger partial charge is 0.264 e. The van der Waals surface area contributed by atoms with Crippen molar-refractivity contribution in [2.75, 3.05) is 66.2 Å². The Morgan fingerprint density at radius 1 is 0.864 bits per heavy atom. The highest BCUT2D eigenvalue weighted by atomic mass is 19.1. The molecule has 9 rings (SSSR count). The van der Waals surface area contributed by atoms with Crippen molar-refractivity contribution in [1.82, 2.24) is 45.4 Å². The van der Waals surface area contributed by atoms with Crippen molar-refractivity contribution in [1.29, 1.82) is 0 Å². The second kappa shape index (κ2) is 18.4. The Bertz CT molecular complexity index is 2530. The Kier molecular flexibility index (Phi) is 12.4. The van der Waals surface area contributed by atoms with Gasteiger partial charge in [-0.15, -0.1) is 5.10 Å². The topological polar surface area (TPSA) is 203 Å². The number of hydrogen-bond donors (Lipinski definition) is 4. The maximum atomic E-state index is 15.7. The predicted octanol–water partition coefficient (Wildman–Crippen LogP) is 3.85. The van der Waals surface area contributed by atoms with Crippen LogP contribution in [-0.2, 0) is 34.0 Å². The lowest BCUT2D eigenvalue weighted by Gasteiger charge is -2.48. The molecular weight excluding hydrogens is 853 g/mol. The van der Waals surface area contributed by atoms with Gasteiger partial charge in [0.25, 0.3) is 11.8 Å². The Balaban J connectivity index is 0.726. The zero-order valence-corrected chi connectivity index (χ0v) is 37.2. The van der Waals surface area contributed by atoms with Gasteiger partial charge in [-0.3, -0.25) is 43.8 Å². The van der Waals surface area contributed by atoms with Gasteiger partial charge >= 0.3 is 0 Å². The number of anilines is 4. The maximum Gasteiger partial charge on any atom is 0.264 e. The Morgan fingerprint density at radius 3 is 2.45 bits per heavy atom. The second-order valence-corrected chi connectivity index (χ2v) is 18.9. The van der Waals surface area contributed by atoms with Crippen molar-refractivity contribution in [2.45, 2.75) is 96.4 Å². The fourth-order valence-electron chi connectivity index (χ4n) is 9.70. The van der Waals surface area contributed by atoms with Crippen molar-refractivity contribution in [3.63, 3.8) is 0 Å². The van der Waals surface area contributed by atoms with Crippen LogP contribution >= 0.6 is 0 Å². The number of piperazine rings is 1. The number of carbonyl (C=O) groups is 5. The number of carbonyl (C=O) groups excluding carboxylic acids is 5. The summed E-state index contributed by atoms with van der Waals surface area (Å²) < 4.78 is 32.9. The number of piperidine rings is 3. The number of benzene rings is 2. The van der Waals surface area contributed by atoms with E-state index >= 15 is 8.78 Å². The molecule has 0 saturated carbocycles. The summed E-state index contributed by atoms with van der Waals surface area (Å²) in [5.74, 6) is -2.03. The van der Waals surface area contributed by atoms with Gasteiger partial charge in [0.15, 0.2) is 0 Å². The van der Waals surface area contributed by atoms with Crippen LogP contribution in [0.4, 0.5) is 31.8 Å². The van der Waals surface area contributed by atoms with Crippen LogP contribution in [0.3, 0.4) is 0 Å². The van der Waals surface area contributed by atoms with Gasteiger partial charge in [0.05, 0.1) is 41.6 Å². The predicted molar refractivity (Wildman–Crippen MR) is 239 cm³/mol. The first-order chi connectivity index (χ1) is 31.7. The minimum atomic E-state index is -1.02. The van der Waals surface area contributed by atoms with Crippen molar-refractivity contribution in [3.05, 3.63) is 82.9 Å². The average Bonchev–Trinajstić information content (AvgIpc) is 3.85. The molecule has 1 spiro atoms. The molecule has 4 saturated heterocycles. The molecule has 348 valence electrons. The molecule has 5 aliphatic heterocycles. The number of hydrogen-bond acceptors (Lipinski definition) is 14. The van der Waals surface area contributed by atoms with Gasteiger partial charge in [-0.1, -0.05) is 25.1 Å². The normalized spacial score (nSPS) is 20.7. The van der Waals surface area contributed by atoms with Crippen LogP contribution in [0.2, 0.25) is 0 Å². The zero-order chi connectivity index (χ0) is 46.2. The molecule has 66 heavy (non-hydrogen) atoms. The van der Waals surface area contributed by atoms with Gasteiger partial charge in [0.1, 0.15) is 41.3 Å². The summed E-state index contributed by atoms with van der Waals surface area (Å²) in [5.41, 5.74) is 1.79.